The number of non-ortho nitro benzene ring substituents is 1. The summed E-state index contributed by atoms with van der Waals surface area (Å²) in [7, 11) is 0. The van der Waals surface area contributed by atoms with E-state index in [0.29, 0.717) is 18.4 Å². The molecule has 160 valence electrons. The lowest BCUT2D eigenvalue weighted by atomic mass is 9.87. The van der Waals surface area contributed by atoms with Crippen molar-refractivity contribution in [2.75, 3.05) is 19.6 Å². The van der Waals surface area contributed by atoms with Crippen molar-refractivity contribution < 1.29 is 18.8 Å². The Bertz CT molecular complexity index is 927. The van der Waals surface area contributed by atoms with Gasteiger partial charge in [0, 0.05) is 62.0 Å². The number of rotatable bonds is 6. The Labute approximate surface area is 180 Å². The van der Waals surface area contributed by atoms with Crippen molar-refractivity contribution in [2.45, 2.75) is 37.7 Å². The number of Topliss-reactive ketones (excluding diaryl/α,β-unsaturated/α-hetero) is 1. The number of hydrogen-bond donors (Lipinski definition) is 0. The molecule has 2 aromatic rings. The summed E-state index contributed by atoms with van der Waals surface area (Å²) in [5, 5.41) is 11.0. The van der Waals surface area contributed by atoms with Crippen molar-refractivity contribution in [1.29, 1.82) is 0 Å². The second-order valence-corrected chi connectivity index (χ2v) is 7.89. The average Bonchev–Trinajstić information content (AvgIpc) is 3.07. The predicted octanol–water partition coefficient (Wildman–Crippen LogP) is 4.59. The van der Waals surface area contributed by atoms with Crippen LogP contribution < -0.4 is 4.74 Å². The molecule has 30 heavy (non-hydrogen) atoms. The number of hydrogen-bond acceptors (Lipinski definition) is 5. The molecule has 0 aliphatic carbocycles. The molecule has 0 N–H and O–H groups in total. The maximum absolute atomic E-state index is 13.0. The van der Waals surface area contributed by atoms with Gasteiger partial charge in [0.05, 0.1) is 4.92 Å². The van der Waals surface area contributed by atoms with E-state index in [9.17, 15) is 19.3 Å². The molecule has 4 rings (SSSR count). The Morgan fingerprint density at radius 2 is 1.87 bits per heavy atom. The Morgan fingerprint density at radius 3 is 2.53 bits per heavy atom. The number of halogens is 2. The topological polar surface area (TPSA) is 72.7 Å². The molecule has 0 aromatic heterocycles. The van der Waals surface area contributed by atoms with Crippen LogP contribution >= 0.6 is 12.4 Å². The van der Waals surface area contributed by atoms with Gasteiger partial charge in [0.15, 0.2) is 5.78 Å². The van der Waals surface area contributed by atoms with Crippen LogP contribution in [0.2, 0.25) is 0 Å². The highest BCUT2D eigenvalue weighted by atomic mass is 35.5. The first-order chi connectivity index (χ1) is 13.9. The molecule has 0 atom stereocenters. The van der Waals surface area contributed by atoms with Gasteiger partial charge in [-0.1, -0.05) is 0 Å². The van der Waals surface area contributed by atoms with E-state index in [1.807, 2.05) is 0 Å². The van der Waals surface area contributed by atoms with Gasteiger partial charge in [-0.05, 0) is 43.3 Å². The maximum Gasteiger partial charge on any atom is 0.269 e. The van der Waals surface area contributed by atoms with Crippen LogP contribution in [-0.4, -0.2) is 40.8 Å². The lowest BCUT2D eigenvalue weighted by Gasteiger charge is -2.38. The fourth-order valence-electron chi connectivity index (χ4n) is 4.24. The summed E-state index contributed by atoms with van der Waals surface area (Å²) in [6, 6.07) is 10.5. The molecule has 2 aliphatic rings. The molecule has 2 heterocycles. The van der Waals surface area contributed by atoms with Crippen molar-refractivity contribution in [3.05, 3.63) is 69.5 Å². The van der Waals surface area contributed by atoms with Gasteiger partial charge >= 0.3 is 0 Å². The SMILES string of the molecule is Cl.O=C(CCCN1CCC2(CC1)Cc1cc([N+](=O)[O-])ccc1O2)c1ccc(F)cc1. The predicted molar refractivity (Wildman–Crippen MR) is 113 cm³/mol. The smallest absolute Gasteiger partial charge is 0.269 e. The molecule has 1 spiro atoms. The largest absolute Gasteiger partial charge is 0.487 e. The molecule has 0 unspecified atom stereocenters. The van der Waals surface area contributed by atoms with Crippen LogP contribution in [-0.2, 0) is 6.42 Å². The molecule has 0 amide bonds. The van der Waals surface area contributed by atoms with E-state index in [1.165, 1.54) is 30.3 Å². The minimum atomic E-state index is -0.374. The second-order valence-electron chi connectivity index (χ2n) is 7.89. The number of ketones is 1. The van der Waals surface area contributed by atoms with E-state index < -0.39 is 0 Å². The summed E-state index contributed by atoms with van der Waals surface area (Å²) in [5.74, 6) is 0.457. The van der Waals surface area contributed by atoms with E-state index in [0.717, 1.165) is 50.2 Å². The van der Waals surface area contributed by atoms with Crippen LogP contribution in [0.1, 0.15) is 41.6 Å². The number of likely N-dealkylation sites (tertiary alicyclic amines) is 1. The van der Waals surface area contributed by atoms with Gasteiger partial charge in [-0.15, -0.1) is 12.4 Å². The highest BCUT2D eigenvalue weighted by Gasteiger charge is 2.42. The van der Waals surface area contributed by atoms with Crippen LogP contribution in [0, 0.1) is 15.9 Å². The van der Waals surface area contributed by atoms with E-state index in [1.54, 1.807) is 12.1 Å². The minimum Gasteiger partial charge on any atom is -0.487 e. The zero-order chi connectivity index (χ0) is 20.4. The molecule has 2 aromatic carbocycles. The Hall–Kier alpha value is -2.51. The summed E-state index contributed by atoms with van der Waals surface area (Å²) in [6.45, 7) is 2.59. The van der Waals surface area contributed by atoms with E-state index in [-0.39, 0.29) is 40.2 Å². The molecule has 0 bridgehead atoms. The summed E-state index contributed by atoms with van der Waals surface area (Å²) < 4.78 is 19.1. The first-order valence-corrected chi connectivity index (χ1v) is 9.92. The summed E-state index contributed by atoms with van der Waals surface area (Å²) in [5.41, 5.74) is 1.30. The van der Waals surface area contributed by atoms with Gasteiger partial charge in [0.2, 0.25) is 0 Å². The number of benzene rings is 2. The molecule has 0 saturated carbocycles. The first-order valence-electron chi connectivity index (χ1n) is 9.92. The zero-order valence-corrected chi connectivity index (χ0v) is 17.3. The fraction of sp³-hybridized carbons (Fsp3) is 0.409. The fourth-order valence-corrected chi connectivity index (χ4v) is 4.24. The highest BCUT2D eigenvalue weighted by Crippen LogP contribution is 2.42. The first kappa shape index (κ1) is 22.2. The molecule has 2 aliphatic heterocycles. The highest BCUT2D eigenvalue weighted by molar-refractivity contribution is 5.95. The zero-order valence-electron chi connectivity index (χ0n) is 16.5. The summed E-state index contributed by atoms with van der Waals surface area (Å²) >= 11 is 0. The monoisotopic (exact) mass is 434 g/mol. The Morgan fingerprint density at radius 1 is 1.17 bits per heavy atom. The third-order valence-electron chi connectivity index (χ3n) is 5.91. The normalized spacial score (nSPS) is 17.1. The number of nitro groups is 1. The number of carbonyl (C=O) groups is 1. The molecular formula is C22H24ClFN2O4. The van der Waals surface area contributed by atoms with E-state index >= 15 is 0 Å². The van der Waals surface area contributed by atoms with Gasteiger partial charge in [0.25, 0.3) is 5.69 Å². The number of fused-ring (bicyclic) bond motifs is 1. The van der Waals surface area contributed by atoms with Crippen molar-refractivity contribution >= 4 is 23.9 Å². The van der Waals surface area contributed by atoms with Crippen molar-refractivity contribution in [3.63, 3.8) is 0 Å². The van der Waals surface area contributed by atoms with Crippen LogP contribution in [0.4, 0.5) is 10.1 Å². The third-order valence-corrected chi connectivity index (χ3v) is 5.91. The van der Waals surface area contributed by atoms with Crippen LogP contribution in [0.15, 0.2) is 42.5 Å². The van der Waals surface area contributed by atoms with Gasteiger partial charge in [-0.25, -0.2) is 4.39 Å². The maximum atomic E-state index is 13.0. The van der Waals surface area contributed by atoms with E-state index in [2.05, 4.69) is 4.90 Å². The average molecular weight is 435 g/mol. The standard InChI is InChI=1S/C22H23FN2O4.ClH/c23-18-5-3-16(4-6-18)20(26)2-1-11-24-12-9-22(10-13-24)15-17-14-19(25(27)28)7-8-21(17)29-22;/h3-8,14H,1-2,9-13,15H2;1H. The minimum absolute atomic E-state index is 0. The molecule has 8 heteroatoms. The van der Waals surface area contributed by atoms with Gasteiger partial charge in [-0.2, -0.15) is 0 Å². The number of piperidine rings is 1. The second kappa shape index (κ2) is 9.10. The number of ether oxygens (including phenoxy) is 1. The molecular weight excluding hydrogens is 411 g/mol. The molecule has 6 nitrogen and oxygen atoms in total. The number of carbonyl (C=O) groups excluding carboxylic acids is 1. The summed E-state index contributed by atoms with van der Waals surface area (Å²) in [6.07, 6.45) is 3.64. The van der Waals surface area contributed by atoms with Gasteiger partial charge < -0.3 is 9.64 Å². The molecule has 1 saturated heterocycles. The van der Waals surface area contributed by atoms with Crippen LogP contribution in [0.25, 0.3) is 0 Å². The molecule has 0 radical (unpaired) electrons. The lowest BCUT2D eigenvalue weighted by molar-refractivity contribution is -0.384. The Balaban J connectivity index is 0.00000256. The van der Waals surface area contributed by atoms with Gasteiger partial charge in [-0.3, -0.25) is 14.9 Å². The quantitative estimate of drug-likeness (QED) is 0.378. The van der Waals surface area contributed by atoms with E-state index in [4.69, 9.17) is 4.74 Å². The van der Waals surface area contributed by atoms with Crippen molar-refractivity contribution in [2.24, 2.45) is 0 Å². The van der Waals surface area contributed by atoms with Crippen molar-refractivity contribution in [3.8, 4) is 5.75 Å². The van der Waals surface area contributed by atoms with Crippen LogP contribution in [0.3, 0.4) is 0 Å². The van der Waals surface area contributed by atoms with Crippen molar-refractivity contribution in [1.82, 2.24) is 4.90 Å². The lowest BCUT2D eigenvalue weighted by Crippen LogP contribution is -2.47. The Kier molecular flexibility index (Phi) is 6.73. The number of nitro benzene ring substituents is 1. The third kappa shape index (κ3) is 4.79. The van der Waals surface area contributed by atoms with Gasteiger partial charge in [0.1, 0.15) is 17.2 Å². The van der Waals surface area contributed by atoms with Crippen LogP contribution in [0.5, 0.6) is 5.75 Å². The molecule has 1 fully saturated rings. The summed E-state index contributed by atoms with van der Waals surface area (Å²) in [4.78, 5) is 25.1. The number of nitrogens with zero attached hydrogens (tertiary/aromatic N) is 2.